The SMILES string of the molecule is CCCCCC1CCC(C(C)c2ccc(-c3ccc(CC)cc3)c(F)c2F)CC1. The molecule has 0 amide bonds. The third kappa shape index (κ3) is 5.27. The predicted octanol–water partition coefficient (Wildman–Crippen LogP) is 8.68. The number of rotatable bonds is 8. The van der Waals surface area contributed by atoms with Crippen molar-refractivity contribution in [3.05, 3.63) is 59.2 Å². The van der Waals surface area contributed by atoms with Gasteiger partial charge in [0, 0.05) is 5.56 Å². The second-order valence-corrected chi connectivity index (χ2v) is 8.95. The van der Waals surface area contributed by atoms with E-state index in [4.69, 9.17) is 0 Å². The van der Waals surface area contributed by atoms with Gasteiger partial charge < -0.3 is 0 Å². The fraction of sp³-hybridized carbons (Fsp3) is 0.556. The van der Waals surface area contributed by atoms with E-state index in [-0.39, 0.29) is 5.92 Å². The van der Waals surface area contributed by atoms with E-state index in [2.05, 4.69) is 20.8 Å². The summed E-state index contributed by atoms with van der Waals surface area (Å²) in [6.07, 6.45) is 11.0. The molecule has 1 aliphatic rings. The molecular weight excluding hydrogens is 362 g/mol. The molecule has 0 nitrogen and oxygen atoms in total. The quantitative estimate of drug-likeness (QED) is 0.390. The molecule has 0 radical (unpaired) electrons. The van der Waals surface area contributed by atoms with Crippen LogP contribution in [0.1, 0.15) is 89.2 Å². The zero-order chi connectivity index (χ0) is 20.8. The van der Waals surface area contributed by atoms with Gasteiger partial charge in [0.1, 0.15) is 0 Å². The molecule has 0 spiro atoms. The van der Waals surface area contributed by atoms with Gasteiger partial charge in [-0.05, 0) is 53.7 Å². The lowest BCUT2D eigenvalue weighted by atomic mass is 9.73. The van der Waals surface area contributed by atoms with Crippen LogP contribution in [0.15, 0.2) is 36.4 Å². The first-order chi connectivity index (χ1) is 14.0. The molecule has 1 atom stereocenters. The molecule has 29 heavy (non-hydrogen) atoms. The number of halogens is 2. The molecule has 2 aromatic carbocycles. The van der Waals surface area contributed by atoms with E-state index in [0.717, 1.165) is 30.7 Å². The molecule has 3 rings (SSSR count). The Kier molecular flexibility index (Phi) is 7.86. The van der Waals surface area contributed by atoms with Gasteiger partial charge in [-0.1, -0.05) is 95.7 Å². The monoisotopic (exact) mass is 398 g/mol. The molecule has 2 aromatic rings. The van der Waals surface area contributed by atoms with Gasteiger partial charge in [-0.15, -0.1) is 0 Å². The maximum Gasteiger partial charge on any atom is 0.166 e. The maximum absolute atomic E-state index is 15.0. The highest BCUT2D eigenvalue weighted by atomic mass is 19.2. The molecule has 0 aromatic heterocycles. The summed E-state index contributed by atoms with van der Waals surface area (Å²) >= 11 is 0. The van der Waals surface area contributed by atoms with Crippen LogP contribution in [-0.4, -0.2) is 0 Å². The highest BCUT2D eigenvalue weighted by Gasteiger charge is 2.28. The van der Waals surface area contributed by atoms with Gasteiger partial charge >= 0.3 is 0 Å². The average Bonchev–Trinajstić information content (AvgIpc) is 2.76. The molecule has 0 heterocycles. The minimum Gasteiger partial charge on any atom is -0.203 e. The largest absolute Gasteiger partial charge is 0.203 e. The molecule has 2 heteroatoms. The van der Waals surface area contributed by atoms with Gasteiger partial charge in [-0.3, -0.25) is 0 Å². The number of aryl methyl sites for hydroxylation is 1. The Labute approximate surface area is 175 Å². The van der Waals surface area contributed by atoms with Crippen molar-refractivity contribution in [3.8, 4) is 11.1 Å². The van der Waals surface area contributed by atoms with Crippen LogP contribution in [0.3, 0.4) is 0 Å². The Morgan fingerprint density at radius 2 is 1.55 bits per heavy atom. The summed E-state index contributed by atoms with van der Waals surface area (Å²) in [5.41, 5.74) is 2.85. The van der Waals surface area contributed by atoms with E-state index >= 15 is 4.39 Å². The standard InChI is InChI=1S/C27H36F2/c1-4-6-7-8-21-11-13-22(14-12-21)19(3)24-17-18-25(27(29)26(24)28)23-15-9-20(5-2)10-16-23/h9-10,15-19,21-22H,4-8,11-14H2,1-3H3. The lowest BCUT2D eigenvalue weighted by Crippen LogP contribution is -2.20. The second-order valence-electron chi connectivity index (χ2n) is 8.95. The minimum absolute atomic E-state index is 0.0672. The molecule has 1 saturated carbocycles. The van der Waals surface area contributed by atoms with E-state index in [9.17, 15) is 4.39 Å². The third-order valence-electron chi connectivity index (χ3n) is 7.09. The van der Waals surface area contributed by atoms with Crippen molar-refractivity contribution >= 4 is 0 Å². The van der Waals surface area contributed by atoms with Crippen molar-refractivity contribution in [2.75, 3.05) is 0 Å². The van der Waals surface area contributed by atoms with E-state index in [1.165, 1.54) is 44.1 Å². The lowest BCUT2D eigenvalue weighted by Gasteiger charge is -2.33. The van der Waals surface area contributed by atoms with E-state index in [1.54, 1.807) is 6.07 Å². The summed E-state index contributed by atoms with van der Waals surface area (Å²) in [4.78, 5) is 0. The Bertz CT molecular complexity index is 770. The van der Waals surface area contributed by atoms with Crippen LogP contribution >= 0.6 is 0 Å². The van der Waals surface area contributed by atoms with Gasteiger partial charge in [0.15, 0.2) is 11.6 Å². The number of hydrogen-bond acceptors (Lipinski definition) is 0. The number of unbranched alkanes of at least 4 members (excludes halogenated alkanes) is 2. The Hall–Kier alpha value is -1.70. The molecule has 1 fully saturated rings. The van der Waals surface area contributed by atoms with Crippen LogP contribution in [0.5, 0.6) is 0 Å². The van der Waals surface area contributed by atoms with Crippen molar-refractivity contribution in [2.24, 2.45) is 11.8 Å². The van der Waals surface area contributed by atoms with Crippen molar-refractivity contribution in [1.82, 2.24) is 0 Å². The Morgan fingerprint density at radius 1 is 0.862 bits per heavy atom. The Balaban J connectivity index is 1.68. The van der Waals surface area contributed by atoms with Crippen molar-refractivity contribution in [3.63, 3.8) is 0 Å². The lowest BCUT2D eigenvalue weighted by molar-refractivity contribution is 0.233. The summed E-state index contributed by atoms with van der Waals surface area (Å²) in [7, 11) is 0. The normalized spacial score (nSPS) is 20.6. The molecule has 0 N–H and O–H groups in total. The summed E-state index contributed by atoms with van der Waals surface area (Å²) in [5.74, 6) is 0.00478. The number of benzene rings is 2. The van der Waals surface area contributed by atoms with Crippen LogP contribution in [0.25, 0.3) is 11.1 Å². The first-order valence-corrected chi connectivity index (χ1v) is 11.6. The molecule has 1 aliphatic carbocycles. The third-order valence-corrected chi connectivity index (χ3v) is 7.09. The van der Waals surface area contributed by atoms with Gasteiger partial charge in [-0.25, -0.2) is 8.78 Å². The van der Waals surface area contributed by atoms with Crippen LogP contribution in [0.2, 0.25) is 0 Å². The smallest absolute Gasteiger partial charge is 0.166 e. The highest BCUT2D eigenvalue weighted by molar-refractivity contribution is 5.65. The van der Waals surface area contributed by atoms with Crippen molar-refractivity contribution in [1.29, 1.82) is 0 Å². The van der Waals surface area contributed by atoms with Gasteiger partial charge in [0.2, 0.25) is 0 Å². The topological polar surface area (TPSA) is 0 Å². The second kappa shape index (κ2) is 10.4. The highest BCUT2D eigenvalue weighted by Crippen LogP contribution is 2.41. The minimum atomic E-state index is -0.702. The molecule has 0 bridgehead atoms. The van der Waals surface area contributed by atoms with Crippen LogP contribution in [0, 0.1) is 23.5 Å². The van der Waals surface area contributed by atoms with Gasteiger partial charge in [-0.2, -0.15) is 0 Å². The van der Waals surface area contributed by atoms with E-state index in [0.29, 0.717) is 17.0 Å². The average molecular weight is 399 g/mol. The zero-order valence-corrected chi connectivity index (χ0v) is 18.3. The van der Waals surface area contributed by atoms with E-state index < -0.39 is 11.6 Å². The molecular formula is C27H36F2. The fourth-order valence-electron chi connectivity index (χ4n) is 4.97. The molecule has 158 valence electrons. The predicted molar refractivity (Wildman–Crippen MR) is 119 cm³/mol. The summed E-state index contributed by atoms with van der Waals surface area (Å²) < 4.78 is 29.9. The fourth-order valence-corrected chi connectivity index (χ4v) is 4.97. The summed E-state index contributed by atoms with van der Waals surface area (Å²) in [6.45, 7) is 6.41. The first kappa shape index (κ1) is 22.0. The van der Waals surface area contributed by atoms with Gasteiger partial charge in [0.25, 0.3) is 0 Å². The molecule has 0 aliphatic heterocycles. The molecule has 1 unspecified atom stereocenters. The zero-order valence-electron chi connectivity index (χ0n) is 18.3. The van der Waals surface area contributed by atoms with Crippen LogP contribution < -0.4 is 0 Å². The number of hydrogen-bond donors (Lipinski definition) is 0. The summed E-state index contributed by atoms with van der Waals surface area (Å²) in [5, 5.41) is 0. The maximum atomic E-state index is 15.0. The van der Waals surface area contributed by atoms with Crippen molar-refractivity contribution in [2.45, 2.75) is 84.5 Å². The first-order valence-electron chi connectivity index (χ1n) is 11.6. The van der Waals surface area contributed by atoms with Crippen molar-refractivity contribution < 1.29 is 8.78 Å². The van der Waals surface area contributed by atoms with Crippen LogP contribution in [0.4, 0.5) is 8.78 Å². The molecule has 0 saturated heterocycles. The van der Waals surface area contributed by atoms with E-state index in [1.807, 2.05) is 30.3 Å². The van der Waals surface area contributed by atoms with Gasteiger partial charge in [0.05, 0.1) is 0 Å². The van der Waals surface area contributed by atoms with Crippen LogP contribution in [-0.2, 0) is 6.42 Å². The Morgan fingerprint density at radius 3 is 2.17 bits per heavy atom. The summed E-state index contributed by atoms with van der Waals surface area (Å²) in [6, 6.07) is 11.3.